The van der Waals surface area contributed by atoms with E-state index in [0.717, 1.165) is 50.7 Å². The van der Waals surface area contributed by atoms with Crippen LogP contribution in [-0.4, -0.2) is 72.5 Å². The van der Waals surface area contributed by atoms with Crippen molar-refractivity contribution in [3.05, 3.63) is 18.0 Å². The van der Waals surface area contributed by atoms with Gasteiger partial charge in [0.15, 0.2) is 0 Å². The van der Waals surface area contributed by atoms with E-state index in [0.29, 0.717) is 11.8 Å². The number of carbonyl (C=O) groups is 1. The number of hydrogen-bond donors (Lipinski definition) is 0. The van der Waals surface area contributed by atoms with Crippen LogP contribution in [-0.2, 0) is 11.2 Å². The van der Waals surface area contributed by atoms with Gasteiger partial charge in [0.2, 0.25) is 11.9 Å². The van der Waals surface area contributed by atoms with Gasteiger partial charge in [-0.15, -0.1) is 0 Å². The van der Waals surface area contributed by atoms with Crippen LogP contribution in [0.5, 0.6) is 0 Å². The van der Waals surface area contributed by atoms with Crippen molar-refractivity contribution in [1.29, 1.82) is 0 Å². The Bertz CT molecular complexity index is 530. The van der Waals surface area contributed by atoms with Gasteiger partial charge in [0, 0.05) is 51.0 Å². The molecule has 2 saturated heterocycles. The van der Waals surface area contributed by atoms with Gasteiger partial charge in [-0.1, -0.05) is 6.92 Å². The highest BCUT2D eigenvalue weighted by atomic mass is 16.2. The predicted octanol–water partition coefficient (Wildman–Crippen LogP) is 0.495. The van der Waals surface area contributed by atoms with Crippen LogP contribution in [0.4, 0.5) is 5.95 Å². The van der Waals surface area contributed by atoms with Crippen LogP contribution in [0.25, 0.3) is 0 Å². The molecule has 0 spiro atoms. The Morgan fingerprint density at radius 3 is 2.55 bits per heavy atom. The zero-order chi connectivity index (χ0) is 15.7. The van der Waals surface area contributed by atoms with Crippen molar-refractivity contribution in [3.63, 3.8) is 0 Å². The summed E-state index contributed by atoms with van der Waals surface area (Å²) >= 11 is 0. The Morgan fingerprint density at radius 1 is 1.23 bits per heavy atom. The smallest absolute Gasteiger partial charge is 0.227 e. The van der Waals surface area contributed by atoms with E-state index in [9.17, 15) is 4.79 Å². The first-order chi connectivity index (χ1) is 10.6. The average Bonchev–Trinajstić information content (AvgIpc) is 3.05. The van der Waals surface area contributed by atoms with Gasteiger partial charge in [0.1, 0.15) is 0 Å². The zero-order valence-corrected chi connectivity index (χ0v) is 13.7. The molecule has 0 radical (unpaired) electrons. The molecule has 22 heavy (non-hydrogen) atoms. The van der Waals surface area contributed by atoms with E-state index >= 15 is 0 Å². The number of carbonyl (C=O) groups excluding carboxylic acids is 1. The highest BCUT2D eigenvalue weighted by molar-refractivity contribution is 5.83. The van der Waals surface area contributed by atoms with E-state index in [-0.39, 0.29) is 5.92 Å². The third-order valence-electron chi connectivity index (χ3n) is 4.72. The SMILES string of the molecule is CCc1cnc(N2C[C@H]3CN(CCN(C)C)C(=O)[C@H]3C2)nc1. The van der Waals surface area contributed by atoms with Crippen LogP contribution in [0.2, 0.25) is 0 Å². The molecule has 2 fully saturated rings. The molecule has 0 N–H and O–H groups in total. The number of aryl methyl sites for hydroxylation is 1. The Balaban J connectivity index is 1.61. The molecule has 120 valence electrons. The molecule has 6 nitrogen and oxygen atoms in total. The maximum atomic E-state index is 12.5. The molecule has 3 heterocycles. The number of aromatic nitrogens is 2. The van der Waals surface area contributed by atoms with E-state index in [1.165, 1.54) is 0 Å². The minimum atomic E-state index is 0.122. The molecule has 1 aromatic heterocycles. The fourth-order valence-corrected chi connectivity index (χ4v) is 3.32. The highest BCUT2D eigenvalue weighted by Gasteiger charge is 2.46. The molecule has 1 aromatic rings. The van der Waals surface area contributed by atoms with Crippen LogP contribution in [0.3, 0.4) is 0 Å². The largest absolute Gasteiger partial charge is 0.341 e. The topological polar surface area (TPSA) is 52.6 Å². The average molecular weight is 303 g/mol. The molecule has 2 atom stereocenters. The first-order valence-electron chi connectivity index (χ1n) is 8.08. The number of anilines is 1. The maximum absolute atomic E-state index is 12.5. The molecule has 2 aliphatic rings. The molecule has 0 aliphatic carbocycles. The maximum Gasteiger partial charge on any atom is 0.227 e. The summed E-state index contributed by atoms with van der Waals surface area (Å²) in [5, 5.41) is 0. The lowest BCUT2D eigenvalue weighted by atomic mass is 10.0. The standard InChI is InChI=1S/C16H25N5O/c1-4-12-7-17-16(18-8-12)21-10-13-9-20(6-5-19(2)3)15(22)14(13)11-21/h7-8,13-14H,4-6,9-11H2,1-3H3/t13-,14+/m1/s1. The van der Waals surface area contributed by atoms with E-state index in [4.69, 9.17) is 0 Å². The number of hydrogen-bond acceptors (Lipinski definition) is 5. The molecule has 2 aliphatic heterocycles. The van der Waals surface area contributed by atoms with Crippen molar-refractivity contribution in [2.45, 2.75) is 13.3 Å². The van der Waals surface area contributed by atoms with Crippen LogP contribution in [0.1, 0.15) is 12.5 Å². The van der Waals surface area contributed by atoms with Crippen molar-refractivity contribution >= 4 is 11.9 Å². The summed E-state index contributed by atoms with van der Waals surface area (Å²) < 4.78 is 0. The van der Waals surface area contributed by atoms with Gasteiger partial charge in [-0.25, -0.2) is 9.97 Å². The van der Waals surface area contributed by atoms with Gasteiger partial charge < -0.3 is 14.7 Å². The quantitative estimate of drug-likeness (QED) is 0.793. The van der Waals surface area contributed by atoms with Gasteiger partial charge in [0.25, 0.3) is 0 Å². The normalized spacial score (nSPS) is 24.5. The van der Waals surface area contributed by atoms with Crippen LogP contribution >= 0.6 is 0 Å². The first-order valence-corrected chi connectivity index (χ1v) is 8.08. The lowest BCUT2D eigenvalue weighted by Gasteiger charge is -2.23. The molecule has 1 amide bonds. The van der Waals surface area contributed by atoms with Gasteiger partial charge in [-0.3, -0.25) is 4.79 Å². The van der Waals surface area contributed by atoms with E-state index in [1.807, 2.05) is 31.4 Å². The van der Waals surface area contributed by atoms with Gasteiger partial charge in [-0.2, -0.15) is 0 Å². The number of fused-ring (bicyclic) bond motifs is 1. The molecule has 0 unspecified atom stereocenters. The molecule has 0 bridgehead atoms. The van der Waals surface area contributed by atoms with Crippen molar-refractivity contribution in [1.82, 2.24) is 19.8 Å². The van der Waals surface area contributed by atoms with E-state index in [2.05, 4.69) is 26.7 Å². The number of likely N-dealkylation sites (N-methyl/N-ethyl adjacent to an activating group) is 1. The Hall–Kier alpha value is -1.69. The third kappa shape index (κ3) is 2.92. The molecule has 6 heteroatoms. The number of nitrogens with zero attached hydrogens (tertiary/aromatic N) is 5. The third-order valence-corrected chi connectivity index (χ3v) is 4.72. The molecular weight excluding hydrogens is 278 g/mol. The summed E-state index contributed by atoms with van der Waals surface area (Å²) in [6.07, 6.45) is 4.73. The van der Waals surface area contributed by atoms with Crippen molar-refractivity contribution in [2.24, 2.45) is 11.8 Å². The number of likely N-dealkylation sites (tertiary alicyclic amines) is 1. The second kappa shape index (κ2) is 6.20. The fourth-order valence-electron chi connectivity index (χ4n) is 3.32. The van der Waals surface area contributed by atoms with E-state index < -0.39 is 0 Å². The Labute approximate surface area is 132 Å². The fraction of sp³-hybridized carbons (Fsp3) is 0.688. The lowest BCUT2D eigenvalue weighted by molar-refractivity contribution is -0.130. The van der Waals surface area contributed by atoms with Crippen molar-refractivity contribution in [2.75, 3.05) is 51.7 Å². The Kier molecular flexibility index (Phi) is 4.29. The Morgan fingerprint density at radius 2 is 1.95 bits per heavy atom. The summed E-state index contributed by atoms with van der Waals surface area (Å²) in [5.74, 6) is 1.61. The first kappa shape index (κ1) is 15.2. The molecule has 0 aromatic carbocycles. The van der Waals surface area contributed by atoms with Crippen molar-refractivity contribution in [3.8, 4) is 0 Å². The second-order valence-corrected chi connectivity index (χ2v) is 6.60. The van der Waals surface area contributed by atoms with Crippen LogP contribution in [0.15, 0.2) is 12.4 Å². The monoisotopic (exact) mass is 303 g/mol. The summed E-state index contributed by atoms with van der Waals surface area (Å²) in [6, 6.07) is 0. The minimum Gasteiger partial charge on any atom is -0.341 e. The van der Waals surface area contributed by atoms with Gasteiger partial charge in [0.05, 0.1) is 5.92 Å². The highest BCUT2D eigenvalue weighted by Crippen LogP contribution is 2.33. The minimum absolute atomic E-state index is 0.122. The summed E-state index contributed by atoms with van der Waals surface area (Å²) in [6.45, 7) is 6.38. The summed E-state index contributed by atoms with van der Waals surface area (Å²) in [5.41, 5.74) is 1.15. The summed E-state index contributed by atoms with van der Waals surface area (Å²) in [4.78, 5) is 27.7. The van der Waals surface area contributed by atoms with Crippen molar-refractivity contribution < 1.29 is 4.79 Å². The van der Waals surface area contributed by atoms with Crippen LogP contribution in [0, 0.1) is 11.8 Å². The predicted molar refractivity (Wildman–Crippen MR) is 85.7 cm³/mol. The second-order valence-electron chi connectivity index (χ2n) is 6.60. The molecular formula is C16H25N5O. The lowest BCUT2D eigenvalue weighted by Crippen LogP contribution is -2.37. The number of rotatable bonds is 5. The number of amides is 1. The zero-order valence-electron chi connectivity index (χ0n) is 13.7. The summed E-state index contributed by atoms with van der Waals surface area (Å²) in [7, 11) is 4.08. The molecule has 3 rings (SSSR count). The van der Waals surface area contributed by atoms with E-state index in [1.54, 1.807) is 0 Å². The van der Waals surface area contributed by atoms with Crippen LogP contribution < -0.4 is 4.90 Å². The molecule has 0 saturated carbocycles. The van der Waals surface area contributed by atoms with Gasteiger partial charge in [-0.05, 0) is 26.1 Å². The van der Waals surface area contributed by atoms with Gasteiger partial charge >= 0.3 is 0 Å².